The largest absolute Gasteiger partial charge is 0.378 e. The van der Waals surface area contributed by atoms with Crippen molar-refractivity contribution in [3.8, 4) is 5.82 Å². The highest BCUT2D eigenvalue weighted by Gasteiger charge is 2.24. The molecule has 32 heavy (non-hydrogen) atoms. The van der Waals surface area contributed by atoms with E-state index in [1.807, 2.05) is 31.3 Å². The molecule has 1 aromatic carbocycles. The molecule has 164 valence electrons. The van der Waals surface area contributed by atoms with Gasteiger partial charge in [0.05, 0.1) is 11.9 Å². The van der Waals surface area contributed by atoms with Gasteiger partial charge in [0, 0.05) is 12.8 Å². The second-order valence-electron chi connectivity index (χ2n) is 6.58. The molecule has 3 heterocycles. The summed E-state index contributed by atoms with van der Waals surface area (Å²) in [6, 6.07) is 7.86. The maximum atomic E-state index is 12.8. The molecular formula is C18H19N11O2S. The fourth-order valence-corrected chi connectivity index (χ4v) is 3.59. The highest BCUT2D eigenvalue weighted by Crippen LogP contribution is 2.24. The van der Waals surface area contributed by atoms with Gasteiger partial charge in [0.15, 0.2) is 10.9 Å². The SMILES string of the molecule is CCc1ccc(/C=N\NC(=O)c2nnn(-c3nonc3N)c2CSc2nncn2C)cc1. The predicted molar refractivity (Wildman–Crippen MR) is 115 cm³/mol. The molecule has 0 aliphatic carbocycles. The average Bonchev–Trinajstić information content (AvgIpc) is 3.52. The number of benzene rings is 1. The number of amides is 1. The van der Waals surface area contributed by atoms with Crippen molar-refractivity contribution >= 4 is 29.7 Å². The fraction of sp³-hybridized carbons (Fsp3) is 0.222. The highest BCUT2D eigenvalue weighted by atomic mass is 32.2. The maximum absolute atomic E-state index is 12.8. The van der Waals surface area contributed by atoms with Crippen molar-refractivity contribution in [2.24, 2.45) is 12.1 Å². The quantitative estimate of drug-likeness (QED) is 0.223. The van der Waals surface area contributed by atoms with Crippen LogP contribution in [0.3, 0.4) is 0 Å². The Kier molecular flexibility index (Phi) is 6.21. The maximum Gasteiger partial charge on any atom is 0.293 e. The molecule has 0 aliphatic rings. The summed E-state index contributed by atoms with van der Waals surface area (Å²) >= 11 is 1.33. The number of thioether (sulfide) groups is 1. The van der Waals surface area contributed by atoms with Crippen LogP contribution in [-0.2, 0) is 19.2 Å². The van der Waals surface area contributed by atoms with E-state index in [2.05, 4.69) is 52.9 Å². The Labute approximate surface area is 186 Å². The molecule has 0 bridgehead atoms. The van der Waals surface area contributed by atoms with Crippen molar-refractivity contribution in [1.29, 1.82) is 0 Å². The minimum absolute atomic E-state index is 0.0142. The zero-order chi connectivity index (χ0) is 22.5. The number of carbonyl (C=O) groups is 1. The number of nitrogen functional groups attached to an aromatic ring is 1. The molecule has 3 N–H and O–H groups in total. The standard InChI is InChI=1S/C18H19N11O2S/c1-3-11-4-6-12(7-5-11)8-20-23-17(30)14-13(9-32-18-24-21-10-28(18)2)29(27-22-14)16-15(19)25-31-26-16/h4-8,10H,3,9H2,1-2H3,(H2,19,25)(H,23,30)/b20-8-. The lowest BCUT2D eigenvalue weighted by Gasteiger charge is -2.05. The van der Waals surface area contributed by atoms with E-state index in [9.17, 15) is 4.79 Å². The molecule has 13 nitrogen and oxygen atoms in total. The van der Waals surface area contributed by atoms with Crippen LogP contribution in [0.25, 0.3) is 5.82 Å². The number of hydrazone groups is 1. The van der Waals surface area contributed by atoms with E-state index in [4.69, 9.17) is 5.73 Å². The van der Waals surface area contributed by atoms with E-state index in [0.29, 0.717) is 10.9 Å². The molecule has 0 unspecified atom stereocenters. The van der Waals surface area contributed by atoms with Gasteiger partial charge in [-0.3, -0.25) is 4.79 Å². The third-order valence-electron chi connectivity index (χ3n) is 4.45. The van der Waals surface area contributed by atoms with Gasteiger partial charge in [-0.05, 0) is 27.9 Å². The number of aryl methyl sites for hydroxylation is 2. The van der Waals surface area contributed by atoms with Gasteiger partial charge in [0.25, 0.3) is 5.91 Å². The molecular weight excluding hydrogens is 434 g/mol. The van der Waals surface area contributed by atoms with Crippen LogP contribution in [0.2, 0.25) is 0 Å². The first-order valence-electron chi connectivity index (χ1n) is 9.49. The molecule has 14 heteroatoms. The van der Waals surface area contributed by atoms with Gasteiger partial charge >= 0.3 is 0 Å². The second kappa shape index (κ2) is 9.38. The molecule has 0 atom stereocenters. The van der Waals surface area contributed by atoms with E-state index in [1.54, 1.807) is 17.1 Å². The van der Waals surface area contributed by atoms with Crippen LogP contribution in [0.15, 0.2) is 45.5 Å². The van der Waals surface area contributed by atoms with Crippen LogP contribution in [0.1, 0.15) is 34.2 Å². The van der Waals surface area contributed by atoms with E-state index in [-0.39, 0.29) is 23.1 Å². The lowest BCUT2D eigenvalue weighted by atomic mass is 10.1. The van der Waals surface area contributed by atoms with Gasteiger partial charge in [-0.15, -0.1) is 15.3 Å². The summed E-state index contributed by atoms with van der Waals surface area (Å²) < 4.78 is 7.70. The highest BCUT2D eigenvalue weighted by molar-refractivity contribution is 7.98. The topological polar surface area (TPSA) is 168 Å². The van der Waals surface area contributed by atoms with E-state index >= 15 is 0 Å². The van der Waals surface area contributed by atoms with Crippen molar-refractivity contribution in [3.63, 3.8) is 0 Å². The molecule has 0 aliphatic heterocycles. The van der Waals surface area contributed by atoms with Crippen molar-refractivity contribution in [1.82, 2.24) is 45.5 Å². The Morgan fingerprint density at radius 1 is 1.28 bits per heavy atom. The number of nitrogens with one attached hydrogen (secondary N) is 1. The number of rotatable bonds is 8. The molecule has 1 amide bonds. The summed E-state index contributed by atoms with van der Waals surface area (Å²) in [5.74, 6) is -0.122. The van der Waals surface area contributed by atoms with Crippen LogP contribution in [0.4, 0.5) is 5.82 Å². The zero-order valence-corrected chi connectivity index (χ0v) is 18.0. The molecule has 0 spiro atoms. The third kappa shape index (κ3) is 4.49. The molecule has 4 rings (SSSR count). The number of hydrogen-bond donors (Lipinski definition) is 2. The fourth-order valence-electron chi connectivity index (χ4n) is 2.71. The Morgan fingerprint density at radius 3 is 2.75 bits per heavy atom. The van der Waals surface area contributed by atoms with Crippen molar-refractivity contribution in [2.75, 3.05) is 5.73 Å². The Morgan fingerprint density at radius 2 is 2.09 bits per heavy atom. The van der Waals surface area contributed by atoms with Gasteiger partial charge in [0.2, 0.25) is 11.6 Å². The van der Waals surface area contributed by atoms with Gasteiger partial charge in [-0.25, -0.2) is 10.1 Å². The summed E-state index contributed by atoms with van der Waals surface area (Å²) in [4.78, 5) is 12.8. The van der Waals surface area contributed by atoms with Crippen molar-refractivity contribution in [3.05, 3.63) is 53.1 Å². The van der Waals surface area contributed by atoms with Gasteiger partial charge in [-0.2, -0.15) is 9.78 Å². The number of anilines is 1. The summed E-state index contributed by atoms with van der Waals surface area (Å²) in [5, 5.41) is 27.8. The minimum atomic E-state index is -0.540. The molecule has 4 aromatic rings. The summed E-state index contributed by atoms with van der Waals surface area (Å²) in [5.41, 5.74) is 10.8. The second-order valence-corrected chi connectivity index (χ2v) is 7.52. The molecule has 0 fully saturated rings. The summed E-state index contributed by atoms with van der Waals surface area (Å²) in [6.45, 7) is 2.08. The van der Waals surface area contributed by atoms with Crippen LogP contribution >= 0.6 is 11.8 Å². The lowest BCUT2D eigenvalue weighted by molar-refractivity contribution is 0.0949. The predicted octanol–water partition coefficient (Wildman–Crippen LogP) is 0.980. The first-order valence-corrected chi connectivity index (χ1v) is 10.5. The van der Waals surface area contributed by atoms with E-state index in [1.165, 1.54) is 22.0 Å². The first kappa shape index (κ1) is 21.2. The van der Waals surface area contributed by atoms with Crippen molar-refractivity contribution in [2.45, 2.75) is 24.3 Å². The van der Waals surface area contributed by atoms with E-state index < -0.39 is 5.91 Å². The van der Waals surface area contributed by atoms with Gasteiger partial charge < -0.3 is 10.3 Å². The Balaban J connectivity index is 1.55. The first-order chi connectivity index (χ1) is 15.6. The van der Waals surface area contributed by atoms with Gasteiger partial charge in [0.1, 0.15) is 6.33 Å². The average molecular weight is 453 g/mol. The van der Waals surface area contributed by atoms with Gasteiger partial charge in [-0.1, -0.05) is 48.2 Å². The number of hydrogen-bond acceptors (Lipinski definition) is 11. The van der Waals surface area contributed by atoms with Crippen LogP contribution in [0.5, 0.6) is 0 Å². The molecule has 0 saturated heterocycles. The number of carbonyl (C=O) groups excluding carboxylic acids is 1. The Bertz CT molecular complexity index is 1240. The minimum Gasteiger partial charge on any atom is -0.378 e. The summed E-state index contributed by atoms with van der Waals surface area (Å²) in [7, 11) is 1.81. The van der Waals surface area contributed by atoms with Crippen molar-refractivity contribution < 1.29 is 9.42 Å². The molecule has 3 aromatic heterocycles. The zero-order valence-electron chi connectivity index (χ0n) is 17.2. The van der Waals surface area contributed by atoms with E-state index in [0.717, 1.165) is 12.0 Å². The number of nitrogens with zero attached hydrogens (tertiary/aromatic N) is 9. The smallest absolute Gasteiger partial charge is 0.293 e. The molecule has 0 radical (unpaired) electrons. The lowest BCUT2D eigenvalue weighted by Crippen LogP contribution is -2.20. The monoisotopic (exact) mass is 453 g/mol. The third-order valence-corrected chi connectivity index (χ3v) is 5.50. The Hall–Kier alpha value is -4.07. The van der Waals surface area contributed by atoms with Crippen LogP contribution < -0.4 is 11.2 Å². The van der Waals surface area contributed by atoms with Crippen LogP contribution in [-0.4, -0.2) is 52.2 Å². The normalized spacial score (nSPS) is 11.3. The number of aromatic nitrogens is 8. The number of nitrogens with two attached hydrogens (primary N) is 1. The molecule has 0 saturated carbocycles. The van der Waals surface area contributed by atoms with Crippen LogP contribution in [0, 0.1) is 0 Å². The summed E-state index contributed by atoms with van der Waals surface area (Å²) in [6.07, 6.45) is 4.08.